The first-order valence-corrected chi connectivity index (χ1v) is 13.0. The van der Waals surface area contributed by atoms with Crippen LogP contribution in [0, 0.1) is 11.6 Å². The van der Waals surface area contributed by atoms with Crippen LogP contribution in [-0.2, 0) is 11.3 Å². The van der Waals surface area contributed by atoms with Gasteiger partial charge in [0.2, 0.25) is 11.1 Å². The molecule has 35 heavy (non-hydrogen) atoms. The molecule has 1 aliphatic rings. The predicted octanol–water partition coefficient (Wildman–Crippen LogP) is 5.58. The summed E-state index contributed by atoms with van der Waals surface area (Å²) in [5.74, 6) is 0.399. The van der Waals surface area contributed by atoms with E-state index < -0.39 is 0 Å². The number of benzene rings is 2. The maximum absolute atomic E-state index is 14.0. The lowest BCUT2D eigenvalue weighted by atomic mass is 10.1. The molecule has 0 radical (unpaired) electrons. The van der Waals surface area contributed by atoms with Crippen LogP contribution in [-0.4, -0.2) is 49.4 Å². The highest BCUT2D eigenvalue weighted by atomic mass is 32.2. The number of hydrogen-bond donors (Lipinski definition) is 0. The summed E-state index contributed by atoms with van der Waals surface area (Å²) < 4.78 is 29.3. The highest BCUT2D eigenvalue weighted by Gasteiger charge is 2.17. The first kappa shape index (κ1) is 23.7. The Bertz CT molecular complexity index is 1340. The van der Waals surface area contributed by atoms with E-state index in [2.05, 4.69) is 10.2 Å². The van der Waals surface area contributed by atoms with Crippen molar-refractivity contribution in [1.29, 1.82) is 0 Å². The molecule has 2 aromatic carbocycles. The standard InChI is InChI=1S/C26H27F2N5OS/c27-19-9-7-18(8-10-19)17-33-22-12-11-20(28)16-21(22)24-25(33)29-26(31-30-24)35-15-5-2-6-23(34)32-13-3-1-4-14-32/h7-12,16H,1-6,13-15,17H2. The van der Waals surface area contributed by atoms with E-state index >= 15 is 0 Å². The molecule has 0 atom stereocenters. The van der Waals surface area contributed by atoms with E-state index in [0.29, 0.717) is 34.7 Å². The van der Waals surface area contributed by atoms with Crippen LogP contribution < -0.4 is 0 Å². The quantitative estimate of drug-likeness (QED) is 0.236. The van der Waals surface area contributed by atoms with E-state index in [1.807, 2.05) is 9.47 Å². The first-order chi connectivity index (χ1) is 17.1. The van der Waals surface area contributed by atoms with Crippen molar-refractivity contribution >= 4 is 39.7 Å². The molecule has 0 N–H and O–H groups in total. The van der Waals surface area contributed by atoms with Crippen molar-refractivity contribution < 1.29 is 13.6 Å². The number of amides is 1. The third-order valence-corrected chi connectivity index (χ3v) is 7.31. The van der Waals surface area contributed by atoms with Crippen LogP contribution in [0.5, 0.6) is 0 Å². The third-order valence-electron chi connectivity index (χ3n) is 6.39. The number of likely N-dealkylation sites (tertiary alicyclic amines) is 1. The minimum atomic E-state index is -0.349. The summed E-state index contributed by atoms with van der Waals surface area (Å²) in [5.41, 5.74) is 2.86. The van der Waals surface area contributed by atoms with Crippen molar-refractivity contribution in [2.24, 2.45) is 0 Å². The van der Waals surface area contributed by atoms with Gasteiger partial charge in [0.25, 0.3) is 0 Å². The molecule has 2 aromatic heterocycles. The second-order valence-electron chi connectivity index (χ2n) is 8.89. The van der Waals surface area contributed by atoms with Crippen molar-refractivity contribution in [2.45, 2.75) is 50.2 Å². The normalized spacial score (nSPS) is 14.2. The molecule has 0 unspecified atom stereocenters. The lowest BCUT2D eigenvalue weighted by Crippen LogP contribution is -2.35. The summed E-state index contributed by atoms with van der Waals surface area (Å²) in [6, 6.07) is 10.9. The Morgan fingerprint density at radius 3 is 2.51 bits per heavy atom. The number of fused-ring (bicyclic) bond motifs is 3. The number of piperidine rings is 1. The monoisotopic (exact) mass is 495 g/mol. The van der Waals surface area contributed by atoms with Gasteiger partial charge in [0.15, 0.2) is 5.65 Å². The molecular weight excluding hydrogens is 468 g/mol. The largest absolute Gasteiger partial charge is 0.343 e. The second-order valence-corrected chi connectivity index (χ2v) is 9.95. The number of nitrogens with zero attached hydrogens (tertiary/aromatic N) is 5. The highest BCUT2D eigenvalue weighted by Crippen LogP contribution is 2.29. The molecule has 6 nitrogen and oxygen atoms in total. The van der Waals surface area contributed by atoms with Gasteiger partial charge < -0.3 is 9.47 Å². The summed E-state index contributed by atoms with van der Waals surface area (Å²) in [6.07, 6.45) is 5.74. The molecule has 0 spiro atoms. The molecule has 182 valence electrons. The summed E-state index contributed by atoms with van der Waals surface area (Å²) in [4.78, 5) is 19.1. The maximum Gasteiger partial charge on any atom is 0.222 e. The van der Waals surface area contributed by atoms with Crippen molar-refractivity contribution in [2.75, 3.05) is 18.8 Å². The zero-order valence-corrected chi connectivity index (χ0v) is 20.2. The van der Waals surface area contributed by atoms with Crippen LogP contribution in [0.1, 0.15) is 44.1 Å². The molecule has 3 heterocycles. The van der Waals surface area contributed by atoms with E-state index in [0.717, 1.165) is 55.6 Å². The van der Waals surface area contributed by atoms with Gasteiger partial charge in [-0.1, -0.05) is 23.9 Å². The third kappa shape index (κ3) is 5.45. The lowest BCUT2D eigenvalue weighted by molar-refractivity contribution is -0.132. The molecule has 1 amide bonds. The minimum absolute atomic E-state index is 0.256. The van der Waals surface area contributed by atoms with Gasteiger partial charge in [-0.2, -0.15) is 0 Å². The molecule has 5 rings (SSSR count). The van der Waals surface area contributed by atoms with Crippen LogP contribution >= 0.6 is 11.8 Å². The van der Waals surface area contributed by atoms with Crippen molar-refractivity contribution in [3.63, 3.8) is 0 Å². The van der Waals surface area contributed by atoms with Gasteiger partial charge in [-0.15, -0.1) is 10.2 Å². The van der Waals surface area contributed by atoms with Gasteiger partial charge in [-0.3, -0.25) is 4.79 Å². The molecule has 4 aromatic rings. The van der Waals surface area contributed by atoms with Crippen LogP contribution in [0.2, 0.25) is 0 Å². The Hall–Kier alpha value is -3.07. The zero-order chi connectivity index (χ0) is 24.2. The number of rotatable bonds is 8. The van der Waals surface area contributed by atoms with E-state index in [9.17, 15) is 13.6 Å². The Morgan fingerprint density at radius 1 is 0.943 bits per heavy atom. The fraction of sp³-hybridized carbons (Fsp3) is 0.385. The average molecular weight is 496 g/mol. The van der Waals surface area contributed by atoms with Gasteiger partial charge in [-0.25, -0.2) is 13.8 Å². The van der Waals surface area contributed by atoms with Gasteiger partial charge in [0.05, 0.1) is 5.52 Å². The van der Waals surface area contributed by atoms with E-state index in [-0.39, 0.29) is 17.5 Å². The second kappa shape index (κ2) is 10.7. The Kier molecular flexibility index (Phi) is 7.22. The molecule has 0 saturated carbocycles. The first-order valence-electron chi connectivity index (χ1n) is 12.1. The molecule has 0 bridgehead atoms. The van der Waals surface area contributed by atoms with Crippen LogP contribution in [0.25, 0.3) is 22.1 Å². The molecule has 0 aliphatic carbocycles. The molecule has 1 fully saturated rings. The van der Waals surface area contributed by atoms with Crippen LogP contribution in [0.15, 0.2) is 47.6 Å². The number of unbranched alkanes of at least 4 members (excludes halogenated alkanes) is 1. The smallest absolute Gasteiger partial charge is 0.222 e. The van der Waals surface area contributed by atoms with Gasteiger partial charge in [0, 0.05) is 37.2 Å². The van der Waals surface area contributed by atoms with Gasteiger partial charge in [0.1, 0.15) is 17.2 Å². The molecule has 1 aliphatic heterocycles. The average Bonchev–Trinajstić information content (AvgIpc) is 3.17. The summed E-state index contributed by atoms with van der Waals surface area (Å²) in [6.45, 7) is 2.24. The molecule has 9 heteroatoms. The highest BCUT2D eigenvalue weighted by molar-refractivity contribution is 7.99. The Balaban J connectivity index is 1.29. The lowest BCUT2D eigenvalue weighted by Gasteiger charge is -2.26. The SMILES string of the molecule is O=C(CCCCSc1nnc2c3cc(F)ccc3n(Cc3ccc(F)cc3)c2n1)N1CCCCC1. The predicted molar refractivity (Wildman–Crippen MR) is 133 cm³/mol. The Morgan fingerprint density at radius 2 is 1.71 bits per heavy atom. The summed E-state index contributed by atoms with van der Waals surface area (Å²) >= 11 is 1.51. The number of carbonyl (C=O) groups is 1. The molecule has 1 saturated heterocycles. The number of hydrogen-bond acceptors (Lipinski definition) is 5. The fourth-order valence-electron chi connectivity index (χ4n) is 4.55. The van der Waals surface area contributed by atoms with Gasteiger partial charge in [-0.05, 0) is 68.0 Å². The number of thioether (sulfide) groups is 1. The molecular formula is C26H27F2N5OS. The zero-order valence-electron chi connectivity index (χ0n) is 19.4. The van der Waals surface area contributed by atoms with E-state index in [1.165, 1.54) is 42.4 Å². The number of aromatic nitrogens is 4. The van der Waals surface area contributed by atoms with Crippen molar-refractivity contribution in [3.8, 4) is 0 Å². The van der Waals surface area contributed by atoms with Crippen LogP contribution in [0.3, 0.4) is 0 Å². The van der Waals surface area contributed by atoms with Crippen molar-refractivity contribution in [1.82, 2.24) is 24.6 Å². The maximum atomic E-state index is 14.0. The number of carbonyl (C=O) groups excluding carboxylic acids is 1. The Labute approximate surface area is 206 Å². The van der Waals surface area contributed by atoms with E-state index in [4.69, 9.17) is 4.98 Å². The summed E-state index contributed by atoms with van der Waals surface area (Å²) in [5, 5.41) is 9.83. The van der Waals surface area contributed by atoms with Gasteiger partial charge >= 0.3 is 0 Å². The van der Waals surface area contributed by atoms with E-state index in [1.54, 1.807) is 18.2 Å². The number of halogens is 2. The van der Waals surface area contributed by atoms with Crippen LogP contribution in [0.4, 0.5) is 8.78 Å². The van der Waals surface area contributed by atoms with Crippen molar-refractivity contribution in [3.05, 3.63) is 59.7 Å². The fourth-order valence-corrected chi connectivity index (χ4v) is 5.33. The topological polar surface area (TPSA) is 63.9 Å². The summed E-state index contributed by atoms with van der Waals surface area (Å²) in [7, 11) is 0. The minimum Gasteiger partial charge on any atom is -0.343 e.